The molecule has 1 unspecified atom stereocenters. The second kappa shape index (κ2) is 10.5. The quantitative estimate of drug-likeness (QED) is 0.529. The molecule has 0 radical (unpaired) electrons. The van der Waals surface area contributed by atoms with E-state index in [2.05, 4.69) is 0 Å². The first-order valence-electron chi connectivity index (χ1n) is 9.50. The third kappa shape index (κ3) is 5.58. The Morgan fingerprint density at radius 3 is 2.23 bits per heavy atom. The Bertz CT molecular complexity index is 830. The van der Waals surface area contributed by atoms with Crippen LogP contribution in [0.2, 0.25) is 0 Å². The summed E-state index contributed by atoms with van der Waals surface area (Å²) in [4.78, 5) is 24.5. The fraction of sp³-hybridized carbons (Fsp3) is 0.364. The highest BCUT2D eigenvalue weighted by Gasteiger charge is 2.49. The molecular weight excluding hydrogens is 412 g/mol. The van der Waals surface area contributed by atoms with Gasteiger partial charge in [0, 0.05) is 0 Å². The number of halogens is 1. The van der Waals surface area contributed by atoms with E-state index in [9.17, 15) is 14.7 Å². The van der Waals surface area contributed by atoms with E-state index in [4.69, 9.17) is 30.5 Å². The topological polar surface area (TPSA) is 91.3 Å². The Balaban J connectivity index is 1.80. The number of alkyl halides is 1. The number of esters is 2. The van der Waals surface area contributed by atoms with Gasteiger partial charge in [-0.25, -0.2) is 4.79 Å². The summed E-state index contributed by atoms with van der Waals surface area (Å²) in [5.74, 6) is -1.81. The van der Waals surface area contributed by atoms with Gasteiger partial charge in [0.2, 0.25) is 0 Å². The highest BCUT2D eigenvalue weighted by Crippen LogP contribution is 2.28. The lowest BCUT2D eigenvalue weighted by Crippen LogP contribution is -2.60. The SMILES string of the molecule is C[C@@H]1OC(O)[C@H](OC(=O)c2ccccc2)[C@H](OC(=O)CCl)[C@H]1OCc1ccccc1. The van der Waals surface area contributed by atoms with Crippen LogP contribution in [-0.2, 0) is 30.3 Å². The van der Waals surface area contributed by atoms with Crippen molar-refractivity contribution >= 4 is 23.5 Å². The van der Waals surface area contributed by atoms with Crippen molar-refractivity contribution < 1.29 is 33.6 Å². The van der Waals surface area contributed by atoms with E-state index in [0.29, 0.717) is 0 Å². The predicted octanol–water partition coefficient (Wildman–Crippen LogP) is 2.69. The standard InChI is InChI=1S/C22H23ClO7/c1-14-18(27-13-15-8-4-2-5-9-15)19(29-17(24)12-23)20(22(26)28-14)30-21(25)16-10-6-3-7-11-16/h2-11,14,18-20,22,26H,12-13H2,1H3/t14-,18-,19+,20+,22?/m0/s1. The van der Waals surface area contributed by atoms with Gasteiger partial charge in [-0.2, -0.15) is 0 Å². The second-order valence-electron chi connectivity index (χ2n) is 6.82. The molecule has 0 aliphatic carbocycles. The summed E-state index contributed by atoms with van der Waals surface area (Å²) in [5.41, 5.74) is 1.18. The van der Waals surface area contributed by atoms with Crippen LogP contribution in [0.5, 0.6) is 0 Å². The smallest absolute Gasteiger partial charge is 0.338 e. The lowest BCUT2D eigenvalue weighted by molar-refractivity contribution is -0.289. The number of ether oxygens (including phenoxy) is 4. The first-order chi connectivity index (χ1) is 14.5. The van der Waals surface area contributed by atoms with Crippen LogP contribution in [0.3, 0.4) is 0 Å². The van der Waals surface area contributed by atoms with Gasteiger partial charge in [-0.3, -0.25) is 4.79 Å². The summed E-state index contributed by atoms with van der Waals surface area (Å²) in [6.07, 6.45) is -5.33. The van der Waals surface area contributed by atoms with Gasteiger partial charge in [-0.05, 0) is 24.6 Å². The minimum atomic E-state index is -1.50. The average molecular weight is 435 g/mol. The van der Waals surface area contributed by atoms with Gasteiger partial charge < -0.3 is 24.1 Å². The van der Waals surface area contributed by atoms with E-state index in [1.54, 1.807) is 37.3 Å². The fourth-order valence-corrected chi connectivity index (χ4v) is 3.26. The molecule has 5 atom stereocenters. The molecule has 0 spiro atoms. The molecule has 1 N–H and O–H groups in total. The summed E-state index contributed by atoms with van der Waals surface area (Å²) in [6, 6.07) is 17.7. The summed E-state index contributed by atoms with van der Waals surface area (Å²) >= 11 is 5.60. The molecule has 3 rings (SSSR count). The lowest BCUT2D eigenvalue weighted by Gasteiger charge is -2.42. The molecule has 0 bridgehead atoms. The summed E-state index contributed by atoms with van der Waals surface area (Å²) in [5, 5.41) is 10.4. The molecule has 1 heterocycles. The second-order valence-corrected chi connectivity index (χ2v) is 7.08. The maximum atomic E-state index is 12.5. The molecule has 1 fully saturated rings. The Morgan fingerprint density at radius 1 is 0.967 bits per heavy atom. The highest BCUT2D eigenvalue weighted by molar-refractivity contribution is 6.26. The van der Waals surface area contributed by atoms with Gasteiger partial charge in [0.05, 0.1) is 18.3 Å². The van der Waals surface area contributed by atoms with E-state index in [1.807, 2.05) is 30.3 Å². The highest BCUT2D eigenvalue weighted by atomic mass is 35.5. The van der Waals surface area contributed by atoms with Gasteiger partial charge in [0.15, 0.2) is 18.5 Å². The van der Waals surface area contributed by atoms with Crippen molar-refractivity contribution in [2.24, 2.45) is 0 Å². The summed E-state index contributed by atoms with van der Waals surface area (Å²) in [7, 11) is 0. The first kappa shape index (κ1) is 22.2. The van der Waals surface area contributed by atoms with Crippen LogP contribution >= 0.6 is 11.6 Å². The minimum Gasteiger partial charge on any atom is -0.454 e. The van der Waals surface area contributed by atoms with Crippen LogP contribution in [0.15, 0.2) is 60.7 Å². The van der Waals surface area contributed by atoms with Crippen molar-refractivity contribution in [3.63, 3.8) is 0 Å². The number of benzene rings is 2. The largest absolute Gasteiger partial charge is 0.454 e. The van der Waals surface area contributed by atoms with Gasteiger partial charge in [-0.15, -0.1) is 11.6 Å². The van der Waals surface area contributed by atoms with E-state index < -0.39 is 48.5 Å². The van der Waals surface area contributed by atoms with Crippen LogP contribution in [-0.4, -0.2) is 53.6 Å². The number of aliphatic hydroxyl groups is 1. The minimum absolute atomic E-state index is 0.212. The van der Waals surface area contributed by atoms with Crippen LogP contribution in [0.1, 0.15) is 22.8 Å². The normalized spacial score (nSPS) is 26.0. The summed E-state index contributed by atoms with van der Waals surface area (Å²) in [6.45, 7) is 1.89. The molecule has 0 amide bonds. The Hall–Kier alpha value is -2.45. The zero-order chi connectivity index (χ0) is 21.5. The zero-order valence-electron chi connectivity index (χ0n) is 16.3. The van der Waals surface area contributed by atoms with Gasteiger partial charge in [0.1, 0.15) is 12.0 Å². The molecule has 0 aromatic heterocycles. The molecule has 1 aliphatic rings. The van der Waals surface area contributed by atoms with Crippen LogP contribution in [0.25, 0.3) is 0 Å². The molecule has 2 aromatic carbocycles. The van der Waals surface area contributed by atoms with Crippen molar-refractivity contribution in [1.82, 2.24) is 0 Å². The number of hydrogen-bond donors (Lipinski definition) is 1. The maximum Gasteiger partial charge on any atom is 0.338 e. The zero-order valence-corrected chi connectivity index (χ0v) is 17.1. The number of hydrogen-bond acceptors (Lipinski definition) is 7. The van der Waals surface area contributed by atoms with Crippen LogP contribution in [0, 0.1) is 0 Å². The van der Waals surface area contributed by atoms with Crippen LogP contribution < -0.4 is 0 Å². The van der Waals surface area contributed by atoms with E-state index in [1.165, 1.54) is 0 Å². The fourth-order valence-electron chi connectivity index (χ4n) is 3.20. The number of carbonyl (C=O) groups is 2. The van der Waals surface area contributed by atoms with Gasteiger partial charge in [0.25, 0.3) is 0 Å². The molecule has 160 valence electrons. The third-order valence-electron chi connectivity index (χ3n) is 4.66. The Labute approximate surface area is 179 Å². The van der Waals surface area contributed by atoms with Crippen molar-refractivity contribution in [3.8, 4) is 0 Å². The molecule has 2 aromatic rings. The molecular formula is C22H23ClO7. The predicted molar refractivity (Wildman–Crippen MR) is 108 cm³/mol. The lowest BCUT2D eigenvalue weighted by atomic mass is 9.98. The monoisotopic (exact) mass is 434 g/mol. The van der Waals surface area contributed by atoms with Gasteiger partial charge >= 0.3 is 11.9 Å². The van der Waals surface area contributed by atoms with E-state index in [-0.39, 0.29) is 12.2 Å². The number of rotatable bonds is 7. The summed E-state index contributed by atoms with van der Waals surface area (Å²) < 4.78 is 22.4. The Kier molecular flexibility index (Phi) is 7.81. The molecule has 7 nitrogen and oxygen atoms in total. The van der Waals surface area contributed by atoms with E-state index >= 15 is 0 Å². The number of carbonyl (C=O) groups excluding carboxylic acids is 2. The molecule has 8 heteroatoms. The molecule has 0 saturated carbocycles. The third-order valence-corrected chi connectivity index (χ3v) is 4.88. The van der Waals surface area contributed by atoms with Crippen molar-refractivity contribution in [2.45, 2.75) is 44.2 Å². The van der Waals surface area contributed by atoms with Crippen LogP contribution in [0.4, 0.5) is 0 Å². The van der Waals surface area contributed by atoms with Gasteiger partial charge in [-0.1, -0.05) is 48.5 Å². The molecule has 1 saturated heterocycles. The maximum absolute atomic E-state index is 12.5. The van der Waals surface area contributed by atoms with E-state index in [0.717, 1.165) is 5.56 Å². The average Bonchev–Trinajstić information content (AvgIpc) is 2.77. The number of aliphatic hydroxyl groups excluding tert-OH is 1. The van der Waals surface area contributed by atoms with Crippen molar-refractivity contribution in [2.75, 3.05) is 5.88 Å². The van der Waals surface area contributed by atoms with Crippen molar-refractivity contribution in [1.29, 1.82) is 0 Å². The molecule has 1 aliphatic heterocycles. The molecule has 30 heavy (non-hydrogen) atoms. The van der Waals surface area contributed by atoms with Crippen molar-refractivity contribution in [3.05, 3.63) is 71.8 Å². The first-order valence-corrected chi connectivity index (χ1v) is 10.0. The Morgan fingerprint density at radius 2 is 1.60 bits per heavy atom.